The molecule has 5 rings (SSSR count). The first-order chi connectivity index (χ1) is 19.9. The van der Waals surface area contributed by atoms with E-state index in [1.165, 1.54) is 12.1 Å². The number of anilines is 1. The first kappa shape index (κ1) is 28.3. The van der Waals surface area contributed by atoms with Gasteiger partial charge in [0, 0.05) is 11.6 Å². The number of rotatable bonds is 11. The van der Waals surface area contributed by atoms with Crippen molar-refractivity contribution in [1.82, 2.24) is 0 Å². The molecule has 214 valence electrons. The van der Waals surface area contributed by atoms with Crippen LogP contribution in [0.5, 0.6) is 0 Å². The van der Waals surface area contributed by atoms with Crippen LogP contribution in [0.15, 0.2) is 91.5 Å². The van der Waals surface area contributed by atoms with Crippen molar-refractivity contribution in [1.29, 1.82) is 0 Å². The van der Waals surface area contributed by atoms with E-state index in [2.05, 4.69) is 11.9 Å². The zero-order chi connectivity index (χ0) is 28.8. The summed E-state index contributed by atoms with van der Waals surface area (Å²) < 4.78 is 31.1. The molecule has 3 aromatic carbocycles. The van der Waals surface area contributed by atoms with Crippen LogP contribution >= 0.6 is 0 Å². The van der Waals surface area contributed by atoms with E-state index < -0.39 is 58.2 Å². The molecule has 0 spiro atoms. The third-order valence-electron chi connectivity index (χ3n) is 6.79. The van der Waals surface area contributed by atoms with E-state index in [-0.39, 0.29) is 25.5 Å². The van der Waals surface area contributed by atoms with Crippen molar-refractivity contribution < 1.29 is 33.5 Å². The number of ether oxygens (including phenoxy) is 5. The van der Waals surface area contributed by atoms with E-state index in [9.17, 15) is 20.2 Å². The molecule has 41 heavy (non-hydrogen) atoms. The van der Waals surface area contributed by atoms with Gasteiger partial charge in [-0.15, -0.1) is 6.58 Å². The highest BCUT2D eigenvalue weighted by Gasteiger charge is 2.51. The average Bonchev–Trinajstić information content (AvgIpc) is 3.00. The van der Waals surface area contributed by atoms with Crippen LogP contribution in [-0.2, 0) is 30.3 Å². The molecule has 1 N–H and O–H groups in total. The van der Waals surface area contributed by atoms with Crippen LogP contribution in [0.4, 0.5) is 17.1 Å². The van der Waals surface area contributed by atoms with Gasteiger partial charge in [-0.2, -0.15) is 0 Å². The molecule has 0 radical (unpaired) electrons. The monoisotopic (exact) mass is 563 g/mol. The molecule has 0 amide bonds. The van der Waals surface area contributed by atoms with Gasteiger partial charge in [-0.25, -0.2) is 0 Å². The Morgan fingerprint density at radius 1 is 0.951 bits per heavy atom. The number of nitro benzene ring substituents is 2. The summed E-state index contributed by atoms with van der Waals surface area (Å²) in [5.74, 6) is 0. The molecule has 2 aliphatic rings. The zero-order valence-corrected chi connectivity index (χ0v) is 21.9. The summed E-state index contributed by atoms with van der Waals surface area (Å²) >= 11 is 0. The zero-order valence-electron chi connectivity index (χ0n) is 21.9. The van der Waals surface area contributed by atoms with Gasteiger partial charge in [0.25, 0.3) is 11.4 Å². The normalized spacial score (nSPS) is 25.6. The molecule has 6 atom stereocenters. The van der Waals surface area contributed by atoms with Gasteiger partial charge in [-0.1, -0.05) is 66.7 Å². The van der Waals surface area contributed by atoms with Crippen molar-refractivity contribution in [2.75, 3.05) is 18.5 Å². The fraction of sp³-hybridized carbons (Fsp3) is 0.310. The Morgan fingerprint density at radius 2 is 1.68 bits per heavy atom. The van der Waals surface area contributed by atoms with Gasteiger partial charge in [-0.3, -0.25) is 20.2 Å². The van der Waals surface area contributed by atoms with Crippen LogP contribution in [0.1, 0.15) is 17.4 Å². The van der Waals surface area contributed by atoms with Crippen molar-refractivity contribution >= 4 is 17.1 Å². The molecule has 0 bridgehead atoms. The third-order valence-corrected chi connectivity index (χ3v) is 6.79. The Kier molecular flexibility index (Phi) is 8.97. The van der Waals surface area contributed by atoms with E-state index in [0.717, 1.165) is 17.2 Å². The van der Waals surface area contributed by atoms with Gasteiger partial charge < -0.3 is 29.0 Å². The summed E-state index contributed by atoms with van der Waals surface area (Å²) in [6, 6.07) is 21.4. The maximum absolute atomic E-state index is 11.9. The fourth-order valence-electron chi connectivity index (χ4n) is 4.86. The number of nitrogens with one attached hydrogen (secondary N) is 1. The lowest BCUT2D eigenvalue weighted by Gasteiger charge is -2.49. The highest BCUT2D eigenvalue weighted by atomic mass is 16.8. The maximum atomic E-state index is 11.9. The molecule has 2 fully saturated rings. The predicted octanol–water partition coefficient (Wildman–Crippen LogP) is 4.91. The minimum atomic E-state index is -0.957. The van der Waals surface area contributed by atoms with E-state index in [1.807, 2.05) is 60.7 Å². The Labute approximate surface area is 235 Å². The van der Waals surface area contributed by atoms with Gasteiger partial charge in [0.2, 0.25) is 0 Å². The van der Waals surface area contributed by atoms with Gasteiger partial charge in [-0.05, 0) is 11.6 Å². The van der Waals surface area contributed by atoms with Gasteiger partial charge in [0.05, 0.1) is 35.7 Å². The van der Waals surface area contributed by atoms with Crippen molar-refractivity contribution in [2.24, 2.45) is 0 Å². The van der Waals surface area contributed by atoms with Crippen molar-refractivity contribution in [2.45, 2.75) is 43.5 Å². The topological polar surface area (TPSA) is 144 Å². The van der Waals surface area contributed by atoms with Crippen molar-refractivity contribution in [3.63, 3.8) is 0 Å². The third kappa shape index (κ3) is 6.59. The number of benzene rings is 3. The van der Waals surface area contributed by atoms with E-state index in [0.29, 0.717) is 0 Å². The second-order valence-electron chi connectivity index (χ2n) is 9.49. The summed E-state index contributed by atoms with van der Waals surface area (Å²) in [4.78, 5) is 21.8. The summed E-state index contributed by atoms with van der Waals surface area (Å²) in [6.07, 6.45) is -2.02. The standard InChI is InChI=1S/C29H29N3O9/c1-2-15-37-27-25(30-22-14-13-21(31(33)34)16-23(22)32(35)36)29(38-17-19-9-5-3-6-10-19)40-24-18-39-28(41-26(24)27)20-11-7-4-8-12-20/h2-14,16,24-30H,1,15,17-18H2/t24-,25-,26-,27-,28-,29-/m1/s1. The number of hydrogen-bond acceptors (Lipinski definition) is 10. The summed E-state index contributed by atoms with van der Waals surface area (Å²) in [7, 11) is 0. The first-order valence-corrected chi connectivity index (χ1v) is 13.0. The molecular weight excluding hydrogens is 534 g/mol. The second kappa shape index (κ2) is 13.0. The quantitative estimate of drug-likeness (QED) is 0.194. The molecule has 12 heteroatoms. The van der Waals surface area contributed by atoms with Crippen LogP contribution in [0.2, 0.25) is 0 Å². The first-order valence-electron chi connectivity index (χ1n) is 13.0. The van der Waals surface area contributed by atoms with Crippen molar-refractivity contribution in [3.05, 3.63) is 123 Å². The lowest BCUT2D eigenvalue weighted by atomic mass is 9.94. The molecule has 0 aliphatic carbocycles. The Hall–Kier alpha value is -4.20. The van der Waals surface area contributed by atoms with Crippen LogP contribution in [0.3, 0.4) is 0 Å². The number of non-ortho nitro benzene ring substituents is 1. The summed E-state index contributed by atoms with van der Waals surface area (Å²) in [5.41, 5.74) is 0.867. The van der Waals surface area contributed by atoms with E-state index in [1.54, 1.807) is 6.08 Å². The lowest BCUT2D eigenvalue weighted by Crippen LogP contribution is -2.65. The summed E-state index contributed by atoms with van der Waals surface area (Å²) in [5, 5.41) is 26.3. The predicted molar refractivity (Wildman–Crippen MR) is 147 cm³/mol. The second-order valence-corrected chi connectivity index (χ2v) is 9.49. The van der Waals surface area contributed by atoms with E-state index in [4.69, 9.17) is 23.7 Å². The molecule has 0 aromatic heterocycles. The largest absolute Gasteiger partial charge is 0.369 e. The number of hydrogen-bond donors (Lipinski definition) is 1. The number of fused-ring (bicyclic) bond motifs is 1. The highest BCUT2D eigenvalue weighted by Crippen LogP contribution is 2.38. The van der Waals surface area contributed by atoms with E-state index >= 15 is 0 Å². The van der Waals surface area contributed by atoms with Crippen LogP contribution < -0.4 is 5.32 Å². The maximum Gasteiger partial charge on any atom is 0.299 e. The fourth-order valence-corrected chi connectivity index (χ4v) is 4.86. The minimum Gasteiger partial charge on any atom is -0.369 e. The molecule has 0 unspecified atom stereocenters. The number of nitro groups is 2. The lowest BCUT2D eigenvalue weighted by molar-refractivity contribution is -0.393. The van der Waals surface area contributed by atoms with Gasteiger partial charge in [0.1, 0.15) is 30.0 Å². The number of nitrogens with zero attached hydrogens (tertiary/aromatic N) is 2. The Balaban J connectivity index is 1.49. The Morgan fingerprint density at radius 3 is 2.37 bits per heavy atom. The smallest absolute Gasteiger partial charge is 0.299 e. The van der Waals surface area contributed by atoms with Gasteiger partial charge >= 0.3 is 0 Å². The van der Waals surface area contributed by atoms with Crippen LogP contribution in [0, 0.1) is 20.2 Å². The molecule has 3 aromatic rings. The molecule has 12 nitrogen and oxygen atoms in total. The molecule has 2 saturated heterocycles. The average molecular weight is 564 g/mol. The molecular formula is C29H29N3O9. The van der Waals surface area contributed by atoms with Crippen molar-refractivity contribution in [3.8, 4) is 0 Å². The van der Waals surface area contributed by atoms with Gasteiger partial charge in [0.15, 0.2) is 12.6 Å². The highest BCUT2D eigenvalue weighted by molar-refractivity contribution is 5.66. The molecule has 0 saturated carbocycles. The summed E-state index contributed by atoms with van der Waals surface area (Å²) in [6.45, 7) is 4.28. The Bertz CT molecular complexity index is 1360. The van der Waals surface area contributed by atoms with Crippen LogP contribution in [-0.4, -0.2) is 53.7 Å². The SMILES string of the molecule is C=CCO[C@@H]1[C@@H](Nc2ccc([N+](=O)[O-])cc2[N+](=O)[O-])[C@H](OCc2ccccc2)O[C@@H]2CO[C@@H](c3ccccc3)O[C@@H]12. The molecule has 2 heterocycles. The van der Waals surface area contributed by atoms with Crippen LogP contribution in [0.25, 0.3) is 0 Å². The minimum absolute atomic E-state index is 0.0415. The molecule has 2 aliphatic heterocycles.